The lowest BCUT2D eigenvalue weighted by Gasteiger charge is -2.30. The van der Waals surface area contributed by atoms with Crippen molar-refractivity contribution in [3.63, 3.8) is 0 Å². The van der Waals surface area contributed by atoms with Crippen LogP contribution in [0.3, 0.4) is 0 Å². The maximum atomic E-state index is 15.4. The number of rotatable bonds is 10. The molecule has 1 aromatic carbocycles. The number of nitrogens with zero attached hydrogens (tertiary/aromatic N) is 4. The van der Waals surface area contributed by atoms with Gasteiger partial charge in [0.2, 0.25) is 0 Å². The molecule has 0 fully saturated rings. The van der Waals surface area contributed by atoms with E-state index in [1.165, 1.54) is 23.6 Å². The van der Waals surface area contributed by atoms with Crippen molar-refractivity contribution in [2.45, 2.75) is 106 Å². The quantitative estimate of drug-likeness (QED) is 0.196. The van der Waals surface area contributed by atoms with E-state index in [-0.39, 0.29) is 58.2 Å². The summed E-state index contributed by atoms with van der Waals surface area (Å²) in [5.41, 5.74) is -1.63. The summed E-state index contributed by atoms with van der Waals surface area (Å²) in [4.78, 5) is 29.8. The summed E-state index contributed by atoms with van der Waals surface area (Å²) in [5, 5.41) is 7.54. The minimum absolute atomic E-state index is 0.0266. The van der Waals surface area contributed by atoms with Crippen LogP contribution in [0, 0.1) is 37.1 Å². The van der Waals surface area contributed by atoms with Crippen molar-refractivity contribution in [2.24, 2.45) is 0 Å². The van der Waals surface area contributed by atoms with Crippen LogP contribution >= 0.6 is 0 Å². The number of amides is 2. The SMILES string of the molecule is Cc1noc(Cc2c(F)c(F)c(Cc3onc(C)c3C(=O)N(C(C)C)C(C)C)c(F)c2F)c1C(=O)N(C(C)C)C(C)C. The predicted molar refractivity (Wildman–Crippen MR) is 147 cm³/mol. The second-order valence-electron chi connectivity index (χ2n) is 11.5. The van der Waals surface area contributed by atoms with E-state index in [1.54, 1.807) is 55.4 Å². The second-order valence-corrected chi connectivity index (χ2v) is 11.5. The Balaban J connectivity index is 2.05. The van der Waals surface area contributed by atoms with E-state index < -0.39 is 59.1 Å². The van der Waals surface area contributed by atoms with Gasteiger partial charge in [-0.3, -0.25) is 9.59 Å². The maximum Gasteiger partial charge on any atom is 0.259 e. The van der Waals surface area contributed by atoms with Gasteiger partial charge in [0.25, 0.3) is 11.8 Å². The second kappa shape index (κ2) is 12.7. The van der Waals surface area contributed by atoms with E-state index in [1.807, 2.05) is 0 Å². The highest BCUT2D eigenvalue weighted by atomic mass is 19.2. The molecule has 0 aliphatic heterocycles. The predicted octanol–water partition coefficient (Wildman–Crippen LogP) is 6.54. The lowest BCUT2D eigenvalue weighted by Crippen LogP contribution is -2.42. The van der Waals surface area contributed by atoms with Crippen LogP contribution in [-0.4, -0.2) is 56.1 Å². The Bertz CT molecular complexity index is 1320. The van der Waals surface area contributed by atoms with Crippen LogP contribution in [0.25, 0.3) is 0 Å². The first-order chi connectivity index (χ1) is 19.5. The lowest BCUT2D eigenvalue weighted by molar-refractivity contribution is 0.0631. The van der Waals surface area contributed by atoms with Crippen LogP contribution in [0.2, 0.25) is 0 Å². The summed E-state index contributed by atoms with van der Waals surface area (Å²) in [6, 6.07) is -0.863. The summed E-state index contributed by atoms with van der Waals surface area (Å²) >= 11 is 0. The first-order valence-corrected chi connectivity index (χ1v) is 13.9. The van der Waals surface area contributed by atoms with E-state index in [0.29, 0.717) is 0 Å². The van der Waals surface area contributed by atoms with Gasteiger partial charge < -0.3 is 18.8 Å². The molecule has 230 valence electrons. The van der Waals surface area contributed by atoms with Crippen molar-refractivity contribution in [3.8, 4) is 0 Å². The smallest absolute Gasteiger partial charge is 0.259 e. The highest BCUT2D eigenvalue weighted by Crippen LogP contribution is 2.31. The topological polar surface area (TPSA) is 92.7 Å². The molecule has 0 unspecified atom stereocenters. The highest BCUT2D eigenvalue weighted by molar-refractivity contribution is 5.97. The Kier molecular flexibility index (Phi) is 9.89. The van der Waals surface area contributed by atoms with Gasteiger partial charge in [0.15, 0.2) is 34.8 Å². The molecule has 0 radical (unpaired) electrons. The Labute approximate surface area is 243 Å². The van der Waals surface area contributed by atoms with Crippen molar-refractivity contribution in [1.82, 2.24) is 20.1 Å². The van der Waals surface area contributed by atoms with E-state index in [0.717, 1.165) is 0 Å². The maximum absolute atomic E-state index is 15.4. The van der Waals surface area contributed by atoms with Gasteiger partial charge in [-0.15, -0.1) is 0 Å². The molecule has 0 N–H and O–H groups in total. The molecule has 12 heteroatoms. The van der Waals surface area contributed by atoms with Gasteiger partial charge in [-0.2, -0.15) is 0 Å². The zero-order chi connectivity index (χ0) is 31.8. The minimum atomic E-state index is -1.66. The number of halogens is 4. The molecule has 2 aromatic heterocycles. The highest BCUT2D eigenvalue weighted by Gasteiger charge is 2.34. The van der Waals surface area contributed by atoms with Gasteiger partial charge in [0.1, 0.15) is 11.1 Å². The van der Waals surface area contributed by atoms with Gasteiger partial charge >= 0.3 is 0 Å². The Morgan fingerprint density at radius 2 is 0.857 bits per heavy atom. The molecular formula is C30H38F4N4O4. The van der Waals surface area contributed by atoms with Gasteiger partial charge in [-0.25, -0.2) is 17.6 Å². The van der Waals surface area contributed by atoms with Gasteiger partial charge in [0.05, 0.1) is 11.4 Å². The van der Waals surface area contributed by atoms with E-state index in [4.69, 9.17) is 9.05 Å². The molecule has 42 heavy (non-hydrogen) atoms. The van der Waals surface area contributed by atoms with Crippen molar-refractivity contribution in [1.29, 1.82) is 0 Å². The molecule has 0 saturated heterocycles. The fraction of sp³-hybridized carbons (Fsp3) is 0.533. The molecule has 0 bridgehead atoms. The molecule has 8 nitrogen and oxygen atoms in total. The number of benzene rings is 1. The molecule has 3 aromatic rings. The first kappa shape index (κ1) is 32.8. The van der Waals surface area contributed by atoms with Crippen LogP contribution in [0.5, 0.6) is 0 Å². The third-order valence-electron chi connectivity index (χ3n) is 7.11. The fourth-order valence-electron chi connectivity index (χ4n) is 5.37. The van der Waals surface area contributed by atoms with E-state index in [9.17, 15) is 9.59 Å². The molecule has 0 aliphatic rings. The molecule has 0 aliphatic carbocycles. The minimum Gasteiger partial charge on any atom is -0.360 e. The summed E-state index contributed by atoms with van der Waals surface area (Å²) in [7, 11) is 0. The third kappa shape index (κ3) is 6.07. The molecule has 2 amide bonds. The molecule has 2 heterocycles. The number of hydrogen-bond acceptors (Lipinski definition) is 6. The Morgan fingerprint density at radius 3 is 1.10 bits per heavy atom. The number of carbonyl (C=O) groups is 2. The van der Waals surface area contributed by atoms with Crippen LogP contribution < -0.4 is 0 Å². The molecule has 3 rings (SSSR count). The Hall–Kier alpha value is -3.70. The van der Waals surface area contributed by atoms with Crippen LogP contribution in [-0.2, 0) is 12.8 Å². The fourth-order valence-corrected chi connectivity index (χ4v) is 5.37. The monoisotopic (exact) mass is 594 g/mol. The molecule has 0 saturated carbocycles. The molecule has 0 spiro atoms. The first-order valence-electron chi connectivity index (χ1n) is 13.9. The molecule has 0 atom stereocenters. The third-order valence-corrected chi connectivity index (χ3v) is 7.11. The molecular weight excluding hydrogens is 556 g/mol. The largest absolute Gasteiger partial charge is 0.360 e. The zero-order valence-electron chi connectivity index (χ0n) is 25.7. The number of carbonyl (C=O) groups excluding carboxylic acids is 2. The summed E-state index contributed by atoms with van der Waals surface area (Å²) in [6.07, 6.45) is -1.53. The average molecular weight is 595 g/mol. The lowest BCUT2D eigenvalue weighted by atomic mass is 9.98. The van der Waals surface area contributed by atoms with Crippen LogP contribution in [0.1, 0.15) is 110 Å². The van der Waals surface area contributed by atoms with E-state index >= 15 is 17.6 Å². The number of hydrogen-bond donors (Lipinski definition) is 0. The zero-order valence-corrected chi connectivity index (χ0v) is 25.7. The van der Waals surface area contributed by atoms with Crippen molar-refractivity contribution in [2.75, 3.05) is 0 Å². The standard InChI is InChI=1S/C30H38F4N4O4/c1-13(2)37(14(3)4)29(39)23-17(9)35-41-21(23)11-19-25(31)27(33)20(28(34)26(19)32)12-22-24(18(10)36-42-22)30(40)38(15(5)6)16(7)8/h13-16H,11-12H2,1-10H3. The van der Waals surface area contributed by atoms with Crippen LogP contribution in [0.4, 0.5) is 17.6 Å². The number of aromatic nitrogens is 2. The van der Waals surface area contributed by atoms with Gasteiger partial charge in [-0.05, 0) is 69.2 Å². The summed E-state index contributed by atoms with van der Waals surface area (Å²) in [6.45, 7) is 17.4. The van der Waals surface area contributed by atoms with Gasteiger partial charge in [-0.1, -0.05) is 10.3 Å². The van der Waals surface area contributed by atoms with Gasteiger partial charge in [0, 0.05) is 48.1 Å². The van der Waals surface area contributed by atoms with E-state index in [2.05, 4.69) is 10.3 Å². The number of aryl methyl sites for hydroxylation is 2. The average Bonchev–Trinajstić information content (AvgIpc) is 3.43. The summed E-state index contributed by atoms with van der Waals surface area (Å²) < 4.78 is 72.0. The summed E-state index contributed by atoms with van der Waals surface area (Å²) in [5.74, 6) is -8.05. The van der Waals surface area contributed by atoms with Crippen molar-refractivity contribution < 1.29 is 36.2 Å². The van der Waals surface area contributed by atoms with Crippen molar-refractivity contribution >= 4 is 11.8 Å². The van der Waals surface area contributed by atoms with Crippen molar-refractivity contribution in [3.05, 3.63) is 68.4 Å². The van der Waals surface area contributed by atoms with Crippen LogP contribution in [0.15, 0.2) is 9.05 Å². The Morgan fingerprint density at radius 1 is 0.595 bits per heavy atom. The normalized spacial score (nSPS) is 11.9.